The second-order valence-corrected chi connectivity index (χ2v) is 6.56. The van der Waals surface area contributed by atoms with Crippen molar-refractivity contribution in [3.8, 4) is 0 Å². The van der Waals surface area contributed by atoms with E-state index in [1.54, 1.807) is 0 Å². The summed E-state index contributed by atoms with van der Waals surface area (Å²) >= 11 is 0. The molecule has 0 amide bonds. The zero-order chi connectivity index (χ0) is 29.5. The lowest BCUT2D eigenvalue weighted by Crippen LogP contribution is -2.68. The van der Waals surface area contributed by atoms with Gasteiger partial charge in [0.15, 0.2) is 0 Å². The molecule has 0 saturated heterocycles. The highest BCUT2D eigenvalue weighted by Gasteiger charge is 2.85. The molecule has 1 aromatic rings. The van der Waals surface area contributed by atoms with Crippen molar-refractivity contribution >= 4 is 5.97 Å². The molecule has 1 rings (SSSR count). The molecule has 214 valence electrons. The number of ether oxygens (including phenoxy) is 3. The van der Waals surface area contributed by atoms with Gasteiger partial charge in [0.1, 0.15) is 6.61 Å². The number of benzene rings is 1. The molecule has 0 spiro atoms. The van der Waals surface area contributed by atoms with Crippen molar-refractivity contribution in [2.24, 2.45) is 0 Å². The van der Waals surface area contributed by atoms with Crippen molar-refractivity contribution in [2.45, 2.75) is 55.0 Å². The van der Waals surface area contributed by atoms with E-state index in [2.05, 4.69) is 4.74 Å². The molecule has 1 aromatic carbocycles. The van der Waals surface area contributed by atoms with Gasteiger partial charge in [-0.3, -0.25) is 9.47 Å². The summed E-state index contributed by atoms with van der Waals surface area (Å²) in [6.45, 7) is -1.44. The van der Waals surface area contributed by atoms with Crippen LogP contribution in [0.1, 0.15) is 5.56 Å². The molecule has 0 saturated carbocycles. The fourth-order valence-corrected chi connectivity index (χ4v) is 1.96. The summed E-state index contributed by atoms with van der Waals surface area (Å²) < 4.78 is 228. The average Bonchev–Trinajstić information content (AvgIpc) is 2.69. The topological polar surface area (TPSA) is 44.8 Å². The average molecular weight is 586 g/mol. The van der Waals surface area contributed by atoms with Gasteiger partial charge in [0.2, 0.25) is 0 Å². The summed E-state index contributed by atoms with van der Waals surface area (Å²) in [6.07, 6.45) is -38.6. The summed E-state index contributed by atoms with van der Waals surface area (Å²) in [4.78, 5) is 11.5. The number of hydrogen-bond acceptors (Lipinski definition) is 4. The van der Waals surface area contributed by atoms with Gasteiger partial charge in [-0.15, -0.1) is 0 Å². The highest BCUT2D eigenvalue weighted by molar-refractivity contribution is 5.78. The van der Waals surface area contributed by atoms with Crippen LogP contribution in [0.3, 0.4) is 0 Å². The molecule has 0 unspecified atom stereocenters. The first kappa shape index (κ1) is 32.4. The van der Waals surface area contributed by atoms with Crippen molar-refractivity contribution in [1.82, 2.24) is 0 Å². The van der Waals surface area contributed by atoms with Gasteiger partial charge in [-0.1, -0.05) is 30.3 Å². The Hall–Kier alpha value is -2.58. The quantitative estimate of drug-likeness (QED) is 0.242. The monoisotopic (exact) mass is 586 g/mol. The van der Waals surface area contributed by atoms with E-state index >= 15 is 0 Å². The summed E-state index contributed by atoms with van der Waals surface area (Å²) in [5, 5.41) is 0. The number of alkyl halides is 17. The molecule has 0 radical (unpaired) electrons. The van der Waals surface area contributed by atoms with Gasteiger partial charge in [0.05, 0.1) is 0 Å². The third-order valence-electron chi connectivity index (χ3n) is 3.84. The Kier molecular flexibility index (Phi) is 8.44. The molecule has 0 aliphatic carbocycles. The number of hydrogen-bond donors (Lipinski definition) is 0. The predicted octanol–water partition coefficient (Wildman–Crippen LogP) is 6.60. The lowest BCUT2D eigenvalue weighted by Gasteiger charge is -2.39. The van der Waals surface area contributed by atoms with Crippen LogP contribution in [0.25, 0.3) is 0 Å². The Labute approximate surface area is 191 Å². The van der Waals surface area contributed by atoms with Crippen molar-refractivity contribution in [2.75, 3.05) is 0 Å². The van der Waals surface area contributed by atoms with Gasteiger partial charge in [-0.05, 0) is 5.56 Å². The number of carbonyl (C=O) groups is 1. The Morgan fingerprint density at radius 2 is 1.05 bits per heavy atom. The summed E-state index contributed by atoms with van der Waals surface area (Å²) in [5.41, 5.74) is -0.320. The summed E-state index contributed by atoms with van der Waals surface area (Å²) in [5.74, 6) is -26.5. The maximum atomic E-state index is 14.3. The fourth-order valence-electron chi connectivity index (χ4n) is 1.96. The smallest absolute Gasteiger partial charge is 0.456 e. The van der Waals surface area contributed by atoms with Crippen molar-refractivity contribution in [3.05, 3.63) is 35.9 Å². The highest BCUT2D eigenvalue weighted by atomic mass is 19.4. The molecule has 2 atom stereocenters. The molecule has 0 aliphatic rings. The maximum absolute atomic E-state index is 14.3. The van der Waals surface area contributed by atoms with Gasteiger partial charge in [0, 0.05) is 0 Å². The van der Waals surface area contributed by atoms with Gasteiger partial charge in [0.25, 0.3) is 0 Å². The molecule has 37 heavy (non-hydrogen) atoms. The van der Waals surface area contributed by atoms with Crippen LogP contribution in [-0.2, 0) is 25.6 Å². The van der Waals surface area contributed by atoms with Gasteiger partial charge in [-0.25, -0.2) is 4.79 Å². The van der Waals surface area contributed by atoms with E-state index in [1.165, 1.54) is 10.8 Å². The Bertz CT molecular complexity index is 939. The second-order valence-electron chi connectivity index (χ2n) is 6.56. The van der Waals surface area contributed by atoms with Crippen molar-refractivity contribution in [3.63, 3.8) is 0 Å². The zero-order valence-corrected chi connectivity index (χ0v) is 16.7. The SMILES string of the molecule is O=C(OCc1ccccc1)[C@](F)(OC(F)(F)[C@@](F)(OC(F)(F)C(F)(F)C(F)(F)F)C(F)(F)F)C(F)(F)F. The Morgan fingerprint density at radius 3 is 1.43 bits per heavy atom. The molecule has 0 aromatic heterocycles. The number of halogens is 17. The molecule has 0 aliphatic heterocycles. The largest absolute Gasteiger partial charge is 0.462 e. The van der Waals surface area contributed by atoms with E-state index in [1.807, 2.05) is 4.74 Å². The Balaban J connectivity index is 3.52. The molecule has 0 fully saturated rings. The lowest BCUT2D eigenvalue weighted by atomic mass is 10.2. The molecular weight excluding hydrogens is 579 g/mol. The van der Waals surface area contributed by atoms with Gasteiger partial charge < -0.3 is 4.74 Å². The number of esters is 1. The second kappa shape index (κ2) is 9.62. The zero-order valence-electron chi connectivity index (χ0n) is 16.7. The van der Waals surface area contributed by atoms with Crippen LogP contribution >= 0.6 is 0 Å². The van der Waals surface area contributed by atoms with Crippen LogP contribution in [0.4, 0.5) is 74.6 Å². The van der Waals surface area contributed by atoms with E-state index in [9.17, 15) is 79.4 Å². The number of carbonyl (C=O) groups excluding carboxylic acids is 1. The van der Waals surface area contributed by atoms with E-state index < -0.39 is 61.0 Å². The fraction of sp³-hybridized carbons (Fsp3) is 0.562. The van der Waals surface area contributed by atoms with E-state index in [-0.39, 0.29) is 5.56 Å². The Morgan fingerprint density at radius 1 is 0.595 bits per heavy atom. The van der Waals surface area contributed by atoms with Crippen LogP contribution < -0.4 is 0 Å². The molecule has 0 bridgehead atoms. The summed E-state index contributed by atoms with van der Waals surface area (Å²) in [7, 11) is 0. The molecule has 4 nitrogen and oxygen atoms in total. The molecule has 0 N–H and O–H groups in total. The van der Waals surface area contributed by atoms with Crippen LogP contribution in [0.15, 0.2) is 30.3 Å². The third-order valence-corrected chi connectivity index (χ3v) is 3.84. The lowest BCUT2D eigenvalue weighted by molar-refractivity contribution is -0.548. The van der Waals surface area contributed by atoms with Crippen LogP contribution in [0, 0.1) is 0 Å². The summed E-state index contributed by atoms with van der Waals surface area (Å²) in [6, 6.07) is 5.40. The molecule has 21 heteroatoms. The minimum absolute atomic E-state index is 0.320. The van der Waals surface area contributed by atoms with E-state index in [4.69, 9.17) is 0 Å². The predicted molar refractivity (Wildman–Crippen MR) is 79.1 cm³/mol. The third kappa shape index (κ3) is 6.12. The van der Waals surface area contributed by atoms with Crippen LogP contribution in [0.2, 0.25) is 0 Å². The first-order valence-corrected chi connectivity index (χ1v) is 8.49. The van der Waals surface area contributed by atoms with Crippen molar-refractivity contribution < 1.29 is 93.6 Å². The van der Waals surface area contributed by atoms with Gasteiger partial charge in [-0.2, -0.15) is 74.6 Å². The first-order valence-electron chi connectivity index (χ1n) is 8.49. The normalized spacial score (nSPS) is 17.6. The number of rotatable bonds is 9. The van der Waals surface area contributed by atoms with E-state index in [0.29, 0.717) is 0 Å². The highest BCUT2D eigenvalue weighted by Crippen LogP contribution is 2.56. The van der Waals surface area contributed by atoms with Gasteiger partial charge >= 0.3 is 54.3 Å². The molecular formula is C16H7F17O4. The van der Waals surface area contributed by atoms with E-state index in [0.717, 1.165) is 24.3 Å². The minimum Gasteiger partial charge on any atom is -0.456 e. The maximum Gasteiger partial charge on any atom is 0.462 e. The van der Waals surface area contributed by atoms with Crippen molar-refractivity contribution in [1.29, 1.82) is 0 Å². The standard InChI is InChI=1S/C16H7F17O4/c17-9(12(21,22)23,8(34)35-6-7-4-2-1-3-5-7)36-16(32,33)11(20,14(27,28)29)37-15(30,31)10(18,19)13(24,25)26/h1-5H,6H2/t9-,11-/m0/s1. The molecule has 0 heterocycles. The minimum atomic E-state index is -8.07. The first-order chi connectivity index (χ1) is 16.2. The van der Waals surface area contributed by atoms with Crippen LogP contribution in [-0.4, -0.2) is 54.3 Å². The van der Waals surface area contributed by atoms with Crippen LogP contribution in [0.5, 0.6) is 0 Å².